The molecule has 1 aromatic heterocycles. The largest absolute Gasteiger partial charge is 0.497 e. The van der Waals surface area contributed by atoms with Gasteiger partial charge in [-0.25, -0.2) is 0 Å². The zero-order chi connectivity index (χ0) is 18.8. The van der Waals surface area contributed by atoms with Gasteiger partial charge in [0.1, 0.15) is 17.3 Å². The first-order chi connectivity index (χ1) is 13.2. The number of furan rings is 1. The number of rotatable bonds is 5. The number of methoxy groups -OCH3 is 2. The second-order valence-corrected chi connectivity index (χ2v) is 6.47. The molecule has 0 bridgehead atoms. The lowest BCUT2D eigenvalue weighted by Crippen LogP contribution is -2.45. The van der Waals surface area contributed by atoms with E-state index >= 15 is 0 Å². The van der Waals surface area contributed by atoms with E-state index in [1.807, 2.05) is 59.5 Å². The van der Waals surface area contributed by atoms with Crippen LogP contribution in [0.1, 0.15) is 28.6 Å². The van der Waals surface area contributed by atoms with Gasteiger partial charge in [-0.1, -0.05) is 12.1 Å². The Morgan fingerprint density at radius 2 is 1.78 bits per heavy atom. The molecule has 3 aromatic rings. The number of ether oxygens (including phenoxy) is 2. The molecule has 1 unspecified atom stereocenters. The minimum absolute atomic E-state index is 0.0575. The molecule has 1 amide bonds. The number of likely N-dealkylation sites (tertiary alicyclic amines) is 1. The van der Waals surface area contributed by atoms with Gasteiger partial charge in [-0.05, 0) is 60.5 Å². The van der Waals surface area contributed by atoms with E-state index in [-0.39, 0.29) is 11.9 Å². The van der Waals surface area contributed by atoms with Gasteiger partial charge in [0.25, 0.3) is 5.91 Å². The topological polar surface area (TPSA) is 51.9 Å². The Kier molecular flexibility index (Phi) is 4.59. The molecular weight excluding hydrogens is 342 g/mol. The zero-order valence-electron chi connectivity index (χ0n) is 15.3. The molecule has 0 spiro atoms. The number of carbonyl (C=O) groups is 1. The van der Waals surface area contributed by atoms with Crippen molar-refractivity contribution < 1.29 is 18.7 Å². The van der Waals surface area contributed by atoms with Gasteiger partial charge in [0, 0.05) is 12.1 Å². The van der Waals surface area contributed by atoms with E-state index in [1.165, 1.54) is 0 Å². The number of hydrogen-bond donors (Lipinski definition) is 0. The van der Waals surface area contributed by atoms with Crippen LogP contribution >= 0.6 is 0 Å². The number of carbonyl (C=O) groups excluding carboxylic acids is 1. The minimum Gasteiger partial charge on any atom is -0.497 e. The maximum Gasteiger partial charge on any atom is 0.290 e. The van der Waals surface area contributed by atoms with Crippen molar-refractivity contribution in [2.24, 2.45) is 0 Å². The average Bonchev–Trinajstić information content (AvgIpc) is 3.17. The van der Waals surface area contributed by atoms with Gasteiger partial charge in [0.2, 0.25) is 0 Å². The molecule has 1 aliphatic heterocycles. The van der Waals surface area contributed by atoms with Gasteiger partial charge < -0.3 is 18.8 Å². The second-order valence-electron chi connectivity index (χ2n) is 6.47. The van der Waals surface area contributed by atoms with Crippen LogP contribution in [0.4, 0.5) is 0 Å². The molecule has 0 saturated carbocycles. The Morgan fingerprint density at radius 1 is 1.00 bits per heavy atom. The lowest BCUT2D eigenvalue weighted by molar-refractivity contribution is 0.0428. The van der Waals surface area contributed by atoms with Crippen molar-refractivity contribution in [1.29, 1.82) is 0 Å². The van der Waals surface area contributed by atoms with Gasteiger partial charge in [0.05, 0.1) is 20.3 Å². The van der Waals surface area contributed by atoms with Crippen LogP contribution in [0.2, 0.25) is 0 Å². The third kappa shape index (κ3) is 3.28. The van der Waals surface area contributed by atoms with E-state index in [0.717, 1.165) is 35.6 Å². The first-order valence-electron chi connectivity index (χ1n) is 8.89. The lowest BCUT2D eigenvalue weighted by Gasteiger charge is -2.40. The molecule has 4 rings (SSSR count). The van der Waals surface area contributed by atoms with Crippen LogP contribution in [-0.2, 0) is 0 Å². The van der Waals surface area contributed by atoms with Crippen molar-refractivity contribution in [1.82, 2.24) is 4.90 Å². The number of amides is 1. The van der Waals surface area contributed by atoms with Gasteiger partial charge in [-0.3, -0.25) is 4.79 Å². The van der Waals surface area contributed by atoms with Gasteiger partial charge in [-0.2, -0.15) is 0 Å². The predicted octanol–water partition coefficient (Wildman–Crippen LogP) is 4.55. The predicted molar refractivity (Wildman–Crippen MR) is 102 cm³/mol. The molecule has 138 valence electrons. The maximum absolute atomic E-state index is 12.9. The van der Waals surface area contributed by atoms with Crippen LogP contribution in [0.5, 0.6) is 11.5 Å². The number of hydrogen-bond acceptors (Lipinski definition) is 4. The van der Waals surface area contributed by atoms with Gasteiger partial charge >= 0.3 is 0 Å². The molecule has 0 radical (unpaired) electrons. The summed E-state index contributed by atoms with van der Waals surface area (Å²) in [6.07, 6.45) is 0.935. The fraction of sp³-hybridized carbons (Fsp3) is 0.227. The van der Waals surface area contributed by atoms with E-state index in [2.05, 4.69) is 0 Å². The van der Waals surface area contributed by atoms with E-state index in [0.29, 0.717) is 11.5 Å². The van der Waals surface area contributed by atoms with Crippen LogP contribution in [0, 0.1) is 0 Å². The van der Waals surface area contributed by atoms with E-state index in [9.17, 15) is 4.79 Å². The number of nitrogens with zero attached hydrogens (tertiary/aromatic N) is 1. The summed E-state index contributed by atoms with van der Waals surface area (Å²) in [5.74, 6) is 2.51. The molecule has 2 aromatic carbocycles. The van der Waals surface area contributed by atoms with Crippen LogP contribution in [-0.4, -0.2) is 31.6 Å². The molecule has 1 aliphatic rings. The molecule has 2 heterocycles. The van der Waals surface area contributed by atoms with Crippen molar-refractivity contribution >= 4 is 5.91 Å². The van der Waals surface area contributed by atoms with Crippen molar-refractivity contribution in [3.8, 4) is 22.8 Å². The summed E-state index contributed by atoms with van der Waals surface area (Å²) in [4.78, 5) is 14.7. The minimum atomic E-state index is -0.0890. The van der Waals surface area contributed by atoms with Crippen molar-refractivity contribution in [3.63, 3.8) is 0 Å². The molecular formula is C22H21NO4. The monoisotopic (exact) mass is 363 g/mol. The molecule has 1 saturated heterocycles. The normalized spacial score (nSPS) is 15.9. The zero-order valence-corrected chi connectivity index (χ0v) is 15.3. The summed E-state index contributed by atoms with van der Waals surface area (Å²) < 4.78 is 16.3. The summed E-state index contributed by atoms with van der Waals surface area (Å²) in [5, 5.41) is 0. The third-order valence-corrected chi connectivity index (χ3v) is 4.95. The molecule has 0 aliphatic carbocycles. The van der Waals surface area contributed by atoms with Crippen LogP contribution < -0.4 is 9.47 Å². The molecule has 5 heteroatoms. The fourth-order valence-electron chi connectivity index (χ4n) is 3.33. The van der Waals surface area contributed by atoms with Gasteiger partial charge in [0.15, 0.2) is 5.76 Å². The first-order valence-corrected chi connectivity index (χ1v) is 8.89. The smallest absolute Gasteiger partial charge is 0.290 e. The highest BCUT2D eigenvalue weighted by atomic mass is 16.5. The first kappa shape index (κ1) is 17.2. The Labute approximate surface area is 158 Å². The van der Waals surface area contributed by atoms with Crippen LogP contribution in [0.3, 0.4) is 0 Å². The summed E-state index contributed by atoms with van der Waals surface area (Å²) >= 11 is 0. The highest BCUT2D eigenvalue weighted by molar-refractivity contribution is 5.93. The fourth-order valence-corrected chi connectivity index (χ4v) is 3.33. The van der Waals surface area contributed by atoms with Gasteiger partial charge in [-0.15, -0.1) is 0 Å². The molecule has 1 fully saturated rings. The van der Waals surface area contributed by atoms with Crippen LogP contribution in [0.15, 0.2) is 65.1 Å². The van der Waals surface area contributed by atoms with Crippen molar-refractivity contribution in [3.05, 3.63) is 72.0 Å². The van der Waals surface area contributed by atoms with E-state index in [1.54, 1.807) is 20.3 Å². The Hall–Kier alpha value is -3.21. The Morgan fingerprint density at radius 3 is 2.44 bits per heavy atom. The third-order valence-electron chi connectivity index (χ3n) is 4.95. The van der Waals surface area contributed by atoms with Crippen molar-refractivity contribution in [2.75, 3.05) is 20.8 Å². The van der Waals surface area contributed by atoms with E-state index < -0.39 is 0 Å². The standard InChI is InChI=1S/C22H21NO4/c1-25-17-8-6-15(7-9-17)20-10-11-21(27-20)22(24)23-13-12-19(23)16-4-3-5-18(14-16)26-2/h3-11,14,19H,12-13H2,1-2H3. The maximum atomic E-state index is 12.9. The summed E-state index contributed by atoms with van der Waals surface area (Å²) in [7, 11) is 3.27. The SMILES string of the molecule is COc1ccc(-c2ccc(C(=O)N3CCC3c3cccc(OC)c3)o2)cc1. The number of benzene rings is 2. The second kappa shape index (κ2) is 7.19. The summed E-state index contributed by atoms with van der Waals surface area (Å²) in [5.41, 5.74) is 1.98. The summed E-state index contributed by atoms with van der Waals surface area (Å²) in [6, 6.07) is 19.0. The molecule has 5 nitrogen and oxygen atoms in total. The Balaban J connectivity index is 1.52. The summed E-state index contributed by atoms with van der Waals surface area (Å²) in [6.45, 7) is 0.722. The Bertz CT molecular complexity index is 945. The highest BCUT2D eigenvalue weighted by Crippen LogP contribution is 2.36. The molecule has 27 heavy (non-hydrogen) atoms. The molecule has 0 N–H and O–H groups in total. The average molecular weight is 363 g/mol. The molecule has 1 atom stereocenters. The van der Waals surface area contributed by atoms with Crippen molar-refractivity contribution in [2.45, 2.75) is 12.5 Å². The highest BCUT2D eigenvalue weighted by Gasteiger charge is 2.35. The lowest BCUT2D eigenvalue weighted by atomic mass is 9.94. The quantitative estimate of drug-likeness (QED) is 0.667. The van der Waals surface area contributed by atoms with Crippen LogP contribution in [0.25, 0.3) is 11.3 Å². The van der Waals surface area contributed by atoms with E-state index in [4.69, 9.17) is 13.9 Å².